The molecule has 3 rings (SSSR count). The first kappa shape index (κ1) is 8.91. The molecule has 0 atom stereocenters. The summed E-state index contributed by atoms with van der Waals surface area (Å²) >= 11 is 1.56. The first-order valence-corrected chi connectivity index (χ1v) is 5.94. The number of anilines is 1. The second-order valence-electron chi connectivity index (χ2n) is 3.69. The molecule has 2 aromatic heterocycles. The van der Waals surface area contributed by atoms with Gasteiger partial charge in [-0.1, -0.05) is 0 Å². The Morgan fingerprint density at radius 1 is 1.40 bits per heavy atom. The van der Waals surface area contributed by atoms with E-state index < -0.39 is 0 Å². The van der Waals surface area contributed by atoms with Crippen LogP contribution in [0.15, 0.2) is 11.6 Å². The summed E-state index contributed by atoms with van der Waals surface area (Å²) in [5.41, 5.74) is 0.688. The monoisotopic (exact) mass is 221 g/mol. The second-order valence-corrected chi connectivity index (χ2v) is 4.56. The molecule has 1 aliphatic rings. The predicted octanol–water partition coefficient (Wildman–Crippen LogP) is 1.81. The molecule has 0 unspecified atom stereocenters. The largest absolute Gasteiger partial charge is 0.355 e. The van der Waals surface area contributed by atoms with Crippen molar-refractivity contribution in [1.29, 1.82) is 0 Å². The molecule has 1 fully saturated rings. The van der Waals surface area contributed by atoms with Gasteiger partial charge in [-0.3, -0.25) is 9.20 Å². The van der Waals surface area contributed by atoms with Crippen molar-refractivity contribution in [2.45, 2.75) is 12.8 Å². The van der Waals surface area contributed by atoms with Crippen LogP contribution in [0.1, 0.15) is 23.3 Å². The van der Waals surface area contributed by atoms with Gasteiger partial charge in [0, 0.05) is 24.7 Å². The van der Waals surface area contributed by atoms with Crippen molar-refractivity contribution in [3.8, 4) is 0 Å². The van der Waals surface area contributed by atoms with Crippen LogP contribution in [0.2, 0.25) is 0 Å². The Labute approximate surface area is 91.1 Å². The molecule has 1 saturated heterocycles. The molecule has 0 N–H and O–H groups in total. The molecule has 15 heavy (non-hydrogen) atoms. The molecule has 0 amide bonds. The van der Waals surface area contributed by atoms with Crippen LogP contribution < -0.4 is 4.90 Å². The standard InChI is InChI=1S/C10H11N3OS/c14-7-8-9(12-3-1-2-4-12)11-10-13(8)5-6-15-10/h5-7H,1-4H2. The summed E-state index contributed by atoms with van der Waals surface area (Å²) in [4.78, 5) is 18.7. The highest BCUT2D eigenvalue weighted by Crippen LogP contribution is 2.25. The number of thiazole rings is 1. The molecule has 3 heterocycles. The van der Waals surface area contributed by atoms with Crippen LogP contribution in [0.5, 0.6) is 0 Å². The third-order valence-electron chi connectivity index (χ3n) is 2.80. The van der Waals surface area contributed by atoms with Gasteiger partial charge in [0.2, 0.25) is 0 Å². The third kappa shape index (κ3) is 1.26. The zero-order chi connectivity index (χ0) is 10.3. The molecule has 0 aliphatic carbocycles. The van der Waals surface area contributed by atoms with Gasteiger partial charge in [-0.25, -0.2) is 4.98 Å². The number of imidazole rings is 1. The van der Waals surface area contributed by atoms with Gasteiger partial charge < -0.3 is 4.90 Å². The van der Waals surface area contributed by atoms with Gasteiger partial charge in [0.15, 0.2) is 17.1 Å². The maximum absolute atomic E-state index is 11.1. The van der Waals surface area contributed by atoms with Gasteiger partial charge in [-0.15, -0.1) is 11.3 Å². The number of hydrogen-bond acceptors (Lipinski definition) is 4. The van der Waals surface area contributed by atoms with E-state index in [-0.39, 0.29) is 0 Å². The number of nitrogens with zero attached hydrogens (tertiary/aromatic N) is 3. The van der Waals surface area contributed by atoms with Crippen LogP contribution in [-0.2, 0) is 0 Å². The number of rotatable bonds is 2. The van der Waals surface area contributed by atoms with E-state index in [1.807, 2.05) is 16.0 Å². The Kier molecular flexibility index (Phi) is 1.98. The molecule has 0 aromatic carbocycles. The lowest BCUT2D eigenvalue weighted by Crippen LogP contribution is -2.19. The van der Waals surface area contributed by atoms with Crippen molar-refractivity contribution in [3.05, 3.63) is 17.3 Å². The van der Waals surface area contributed by atoms with Crippen LogP contribution >= 0.6 is 11.3 Å². The quantitative estimate of drug-likeness (QED) is 0.726. The zero-order valence-electron chi connectivity index (χ0n) is 8.22. The van der Waals surface area contributed by atoms with Crippen molar-refractivity contribution in [1.82, 2.24) is 9.38 Å². The first-order chi connectivity index (χ1) is 7.40. The lowest BCUT2D eigenvalue weighted by atomic mass is 10.4. The normalized spacial score (nSPS) is 16.4. The van der Waals surface area contributed by atoms with Crippen LogP contribution in [-0.4, -0.2) is 28.8 Å². The lowest BCUT2D eigenvalue weighted by Gasteiger charge is -2.14. The van der Waals surface area contributed by atoms with Crippen molar-refractivity contribution in [3.63, 3.8) is 0 Å². The predicted molar refractivity (Wildman–Crippen MR) is 59.9 cm³/mol. The molecule has 0 radical (unpaired) electrons. The van der Waals surface area contributed by atoms with Gasteiger partial charge in [0.05, 0.1) is 0 Å². The van der Waals surface area contributed by atoms with Gasteiger partial charge >= 0.3 is 0 Å². The van der Waals surface area contributed by atoms with Crippen molar-refractivity contribution >= 4 is 28.4 Å². The molecular formula is C10H11N3OS. The Balaban J connectivity index is 2.15. The fraction of sp³-hybridized carbons (Fsp3) is 0.400. The maximum Gasteiger partial charge on any atom is 0.196 e. The smallest absolute Gasteiger partial charge is 0.196 e. The van der Waals surface area contributed by atoms with Crippen molar-refractivity contribution < 1.29 is 4.79 Å². The lowest BCUT2D eigenvalue weighted by molar-refractivity contribution is 0.111. The van der Waals surface area contributed by atoms with E-state index in [1.54, 1.807) is 11.3 Å². The summed E-state index contributed by atoms with van der Waals surface area (Å²) in [6.07, 6.45) is 5.20. The summed E-state index contributed by atoms with van der Waals surface area (Å²) in [5.74, 6) is 0.856. The SMILES string of the molecule is O=Cc1c(N2CCCC2)nc2sccn12. The van der Waals surface area contributed by atoms with Crippen molar-refractivity contribution in [2.75, 3.05) is 18.0 Å². The average Bonchev–Trinajstić information content (AvgIpc) is 2.93. The van der Waals surface area contributed by atoms with E-state index in [2.05, 4.69) is 9.88 Å². The molecule has 0 spiro atoms. The minimum atomic E-state index is 0.688. The second kappa shape index (κ2) is 3.34. The molecule has 78 valence electrons. The van der Waals surface area contributed by atoms with E-state index in [0.717, 1.165) is 30.2 Å². The highest BCUT2D eigenvalue weighted by atomic mass is 32.1. The Morgan fingerprint density at radius 2 is 2.20 bits per heavy atom. The topological polar surface area (TPSA) is 37.6 Å². The summed E-state index contributed by atoms with van der Waals surface area (Å²) in [5, 5.41) is 1.95. The van der Waals surface area contributed by atoms with Crippen LogP contribution in [0.4, 0.5) is 5.82 Å². The van der Waals surface area contributed by atoms with Crippen LogP contribution in [0.25, 0.3) is 4.96 Å². The van der Waals surface area contributed by atoms with Crippen LogP contribution in [0.3, 0.4) is 0 Å². The number of carbonyl (C=O) groups excluding carboxylic acids is 1. The fourth-order valence-corrected chi connectivity index (χ4v) is 2.78. The van der Waals surface area contributed by atoms with E-state index in [9.17, 15) is 4.79 Å². The Hall–Kier alpha value is -1.36. The zero-order valence-corrected chi connectivity index (χ0v) is 9.04. The minimum Gasteiger partial charge on any atom is -0.355 e. The molecule has 0 saturated carbocycles. The van der Waals surface area contributed by atoms with E-state index in [0.29, 0.717) is 5.69 Å². The summed E-state index contributed by atoms with van der Waals surface area (Å²) in [7, 11) is 0. The Morgan fingerprint density at radius 3 is 2.93 bits per heavy atom. The molecular weight excluding hydrogens is 210 g/mol. The number of fused-ring (bicyclic) bond motifs is 1. The molecule has 1 aliphatic heterocycles. The minimum absolute atomic E-state index is 0.688. The average molecular weight is 221 g/mol. The number of aldehydes is 1. The highest BCUT2D eigenvalue weighted by molar-refractivity contribution is 7.15. The van der Waals surface area contributed by atoms with E-state index >= 15 is 0 Å². The number of hydrogen-bond donors (Lipinski definition) is 0. The summed E-state index contributed by atoms with van der Waals surface area (Å²) in [6, 6.07) is 0. The van der Waals surface area contributed by atoms with Gasteiger partial charge in [0.25, 0.3) is 0 Å². The Bertz CT molecular complexity index is 496. The van der Waals surface area contributed by atoms with Gasteiger partial charge in [-0.2, -0.15) is 0 Å². The molecule has 0 bridgehead atoms. The number of carbonyl (C=O) groups is 1. The van der Waals surface area contributed by atoms with Gasteiger partial charge in [-0.05, 0) is 12.8 Å². The fourth-order valence-electron chi connectivity index (χ4n) is 2.06. The summed E-state index contributed by atoms with van der Waals surface area (Å²) < 4.78 is 1.87. The molecule has 4 nitrogen and oxygen atoms in total. The maximum atomic E-state index is 11.1. The van der Waals surface area contributed by atoms with Crippen molar-refractivity contribution in [2.24, 2.45) is 0 Å². The summed E-state index contributed by atoms with van der Waals surface area (Å²) in [6.45, 7) is 2.04. The van der Waals surface area contributed by atoms with Crippen LogP contribution in [0, 0.1) is 0 Å². The third-order valence-corrected chi connectivity index (χ3v) is 3.55. The molecule has 2 aromatic rings. The first-order valence-electron chi connectivity index (χ1n) is 5.06. The molecule has 5 heteroatoms. The highest BCUT2D eigenvalue weighted by Gasteiger charge is 2.20. The number of aromatic nitrogens is 2. The van der Waals surface area contributed by atoms with E-state index in [4.69, 9.17) is 0 Å². The van der Waals surface area contributed by atoms with Gasteiger partial charge in [0.1, 0.15) is 5.69 Å². The van der Waals surface area contributed by atoms with E-state index in [1.165, 1.54) is 12.8 Å².